The highest BCUT2D eigenvalue weighted by Gasteiger charge is 2.34. The van der Waals surface area contributed by atoms with Crippen molar-refractivity contribution in [2.24, 2.45) is 0 Å². The normalized spacial score (nSPS) is 18.8. The number of halogens is 2. The van der Waals surface area contributed by atoms with Crippen LogP contribution in [-0.2, 0) is 16.0 Å². The minimum atomic E-state index is -0.937. The molecule has 8 heteroatoms. The topological polar surface area (TPSA) is 94.2 Å². The van der Waals surface area contributed by atoms with Crippen LogP contribution in [0.1, 0.15) is 12.0 Å². The molecule has 0 saturated carbocycles. The van der Waals surface area contributed by atoms with E-state index in [1.807, 2.05) is 12.1 Å². The number of benzene rings is 2. The average molecular weight is 416 g/mol. The summed E-state index contributed by atoms with van der Waals surface area (Å²) in [5.41, 5.74) is 3.16. The Balaban J connectivity index is 1.61. The summed E-state index contributed by atoms with van der Waals surface area (Å²) in [4.78, 5) is 27.4. The molecule has 1 aliphatic rings. The number of hydrogen-bond acceptors (Lipinski definition) is 3. The van der Waals surface area contributed by atoms with Crippen molar-refractivity contribution in [1.82, 2.24) is 15.6 Å². The van der Waals surface area contributed by atoms with Crippen LogP contribution in [0.2, 0.25) is 5.02 Å². The maximum absolute atomic E-state index is 13.3. The van der Waals surface area contributed by atoms with Gasteiger partial charge in [-0.2, -0.15) is 0 Å². The van der Waals surface area contributed by atoms with E-state index in [1.165, 1.54) is 12.1 Å². The molecule has 0 bridgehead atoms. The summed E-state index contributed by atoms with van der Waals surface area (Å²) in [6.45, 7) is 0.124. The molecule has 1 saturated heterocycles. The Morgan fingerprint density at radius 2 is 2.00 bits per heavy atom. The first-order valence-corrected chi connectivity index (χ1v) is 9.62. The van der Waals surface area contributed by atoms with Crippen molar-refractivity contribution in [3.05, 3.63) is 58.9 Å². The second kappa shape index (κ2) is 7.85. The number of para-hydroxylation sites is 1. The van der Waals surface area contributed by atoms with E-state index in [0.717, 1.165) is 27.7 Å². The summed E-state index contributed by atoms with van der Waals surface area (Å²) in [7, 11) is 0. The number of aromatic amines is 1. The lowest BCUT2D eigenvalue weighted by atomic mass is 10.0. The summed E-state index contributed by atoms with van der Waals surface area (Å²) in [6, 6.07) is 10.6. The smallest absolute Gasteiger partial charge is 0.245 e. The molecule has 6 nitrogen and oxygen atoms in total. The second-order valence-corrected chi connectivity index (χ2v) is 7.41. The van der Waals surface area contributed by atoms with E-state index < -0.39 is 18.1 Å². The fourth-order valence-electron chi connectivity index (χ4n) is 3.61. The maximum Gasteiger partial charge on any atom is 0.245 e. The van der Waals surface area contributed by atoms with Crippen LogP contribution in [0, 0.1) is 5.82 Å². The third kappa shape index (κ3) is 3.83. The molecule has 2 atom stereocenters. The van der Waals surface area contributed by atoms with Crippen LogP contribution in [0.25, 0.3) is 22.2 Å². The van der Waals surface area contributed by atoms with E-state index in [2.05, 4.69) is 15.6 Å². The predicted octanol–water partition coefficient (Wildman–Crippen LogP) is 2.54. The average Bonchev–Trinajstić information content (AvgIpc) is 3.23. The van der Waals surface area contributed by atoms with Gasteiger partial charge in [-0.1, -0.05) is 23.7 Å². The molecular formula is C21H19ClFN3O3. The van der Waals surface area contributed by atoms with Crippen LogP contribution in [0.15, 0.2) is 42.5 Å². The van der Waals surface area contributed by atoms with Crippen molar-refractivity contribution in [1.29, 1.82) is 0 Å². The number of rotatable bonds is 5. The number of β-amino-alcohol motifs (C(OH)–C–C–N with tert-alkyl or cyclic N) is 1. The van der Waals surface area contributed by atoms with E-state index in [9.17, 15) is 19.1 Å². The minimum absolute atomic E-state index is 0.115. The summed E-state index contributed by atoms with van der Waals surface area (Å²) in [5, 5.41) is 16.3. The summed E-state index contributed by atoms with van der Waals surface area (Å²) in [6.07, 6.45) is -0.443. The first-order chi connectivity index (χ1) is 13.9. The van der Waals surface area contributed by atoms with Crippen LogP contribution >= 0.6 is 11.6 Å². The van der Waals surface area contributed by atoms with E-state index >= 15 is 0 Å². The lowest BCUT2D eigenvalue weighted by Gasteiger charge is -2.13. The SMILES string of the molecule is O=C(CCc1c(-c2ccc(F)cc2)[nH]c2c(Cl)cccc12)N[C@@H]1C(=O)NC[C@H]1O. The van der Waals surface area contributed by atoms with Crippen LogP contribution in [0.3, 0.4) is 0 Å². The quantitative estimate of drug-likeness (QED) is 0.516. The standard InChI is InChI=1S/C21H19ClFN3O3/c22-15-3-1-2-13-14(8-9-17(28)25-20-16(27)10-24-21(20)29)18(26-19(13)15)11-4-6-12(23)7-5-11/h1-7,16,20,26-27H,8-10H2,(H,24,29)(H,25,28)/t16-,20+/m1/s1. The van der Waals surface area contributed by atoms with Gasteiger partial charge < -0.3 is 20.7 Å². The fourth-order valence-corrected chi connectivity index (χ4v) is 3.84. The van der Waals surface area contributed by atoms with Crippen molar-refractivity contribution in [2.45, 2.75) is 25.0 Å². The number of nitrogens with one attached hydrogen (secondary N) is 3. The number of hydrogen-bond donors (Lipinski definition) is 4. The molecule has 1 fully saturated rings. The number of aryl methyl sites for hydroxylation is 1. The first-order valence-electron chi connectivity index (χ1n) is 9.24. The molecular weight excluding hydrogens is 397 g/mol. The van der Waals surface area contributed by atoms with Gasteiger partial charge in [0.2, 0.25) is 11.8 Å². The van der Waals surface area contributed by atoms with Gasteiger partial charge in [-0.25, -0.2) is 4.39 Å². The Morgan fingerprint density at radius 1 is 1.24 bits per heavy atom. The minimum Gasteiger partial charge on any atom is -0.389 e. The van der Waals surface area contributed by atoms with E-state index in [-0.39, 0.29) is 24.7 Å². The van der Waals surface area contributed by atoms with E-state index in [0.29, 0.717) is 11.4 Å². The molecule has 4 rings (SSSR count). The molecule has 2 heterocycles. The number of aliphatic hydroxyl groups excluding tert-OH is 1. The molecule has 1 aromatic heterocycles. The van der Waals surface area contributed by atoms with Crippen LogP contribution in [-0.4, -0.2) is 40.6 Å². The number of fused-ring (bicyclic) bond motifs is 1. The Kier molecular flexibility index (Phi) is 5.25. The molecule has 4 N–H and O–H groups in total. The van der Waals surface area contributed by atoms with Gasteiger partial charge in [0.05, 0.1) is 10.5 Å². The van der Waals surface area contributed by atoms with Crippen molar-refractivity contribution in [3.63, 3.8) is 0 Å². The summed E-state index contributed by atoms with van der Waals surface area (Å²) >= 11 is 6.32. The third-order valence-corrected chi connectivity index (χ3v) is 5.41. The van der Waals surface area contributed by atoms with Crippen LogP contribution in [0.5, 0.6) is 0 Å². The van der Waals surface area contributed by atoms with E-state index in [4.69, 9.17) is 11.6 Å². The molecule has 29 heavy (non-hydrogen) atoms. The van der Waals surface area contributed by atoms with Gasteiger partial charge in [-0.05, 0) is 47.9 Å². The molecule has 0 radical (unpaired) electrons. The lowest BCUT2D eigenvalue weighted by molar-refractivity contribution is -0.128. The number of aliphatic hydroxyl groups is 1. The van der Waals surface area contributed by atoms with E-state index in [1.54, 1.807) is 18.2 Å². The highest BCUT2D eigenvalue weighted by molar-refractivity contribution is 6.35. The summed E-state index contributed by atoms with van der Waals surface area (Å²) < 4.78 is 13.3. The number of amides is 2. The fraction of sp³-hybridized carbons (Fsp3) is 0.238. The Morgan fingerprint density at radius 3 is 2.69 bits per heavy atom. The zero-order chi connectivity index (χ0) is 20.5. The zero-order valence-electron chi connectivity index (χ0n) is 15.3. The van der Waals surface area contributed by atoms with Crippen molar-refractivity contribution in [3.8, 4) is 11.3 Å². The Bertz CT molecular complexity index is 1080. The highest BCUT2D eigenvalue weighted by atomic mass is 35.5. The van der Waals surface area contributed by atoms with Crippen molar-refractivity contribution in [2.75, 3.05) is 6.54 Å². The molecule has 2 amide bonds. The third-order valence-electron chi connectivity index (χ3n) is 5.09. The van der Waals surface area contributed by atoms with Gasteiger partial charge >= 0.3 is 0 Å². The molecule has 1 aliphatic heterocycles. The maximum atomic E-state index is 13.3. The Labute approximate surface area is 171 Å². The number of aromatic nitrogens is 1. The van der Waals surface area contributed by atoms with Gasteiger partial charge in [0, 0.05) is 24.0 Å². The van der Waals surface area contributed by atoms with Gasteiger partial charge in [-0.15, -0.1) is 0 Å². The number of carbonyl (C=O) groups excluding carboxylic acids is 2. The molecule has 0 spiro atoms. The van der Waals surface area contributed by atoms with Gasteiger partial charge in [0.15, 0.2) is 0 Å². The van der Waals surface area contributed by atoms with Crippen LogP contribution < -0.4 is 10.6 Å². The monoisotopic (exact) mass is 415 g/mol. The van der Waals surface area contributed by atoms with Gasteiger partial charge in [-0.3, -0.25) is 9.59 Å². The number of carbonyl (C=O) groups is 2. The summed E-state index contributed by atoms with van der Waals surface area (Å²) in [5.74, 6) is -1.07. The molecule has 0 aliphatic carbocycles. The Hall–Kier alpha value is -2.90. The first kappa shape index (κ1) is 19.4. The predicted molar refractivity (Wildman–Crippen MR) is 108 cm³/mol. The van der Waals surface area contributed by atoms with Crippen molar-refractivity contribution >= 4 is 34.3 Å². The molecule has 0 unspecified atom stereocenters. The number of H-pyrrole nitrogens is 1. The second-order valence-electron chi connectivity index (χ2n) is 7.01. The van der Waals surface area contributed by atoms with Crippen LogP contribution in [0.4, 0.5) is 4.39 Å². The van der Waals surface area contributed by atoms with Crippen molar-refractivity contribution < 1.29 is 19.1 Å². The van der Waals surface area contributed by atoms with Gasteiger partial charge in [0.25, 0.3) is 0 Å². The zero-order valence-corrected chi connectivity index (χ0v) is 16.1. The highest BCUT2D eigenvalue weighted by Crippen LogP contribution is 2.34. The van der Waals surface area contributed by atoms with Gasteiger partial charge in [0.1, 0.15) is 18.0 Å². The molecule has 150 valence electrons. The molecule has 3 aromatic rings. The lowest BCUT2D eigenvalue weighted by Crippen LogP contribution is -2.45. The largest absolute Gasteiger partial charge is 0.389 e. The molecule has 2 aromatic carbocycles.